The summed E-state index contributed by atoms with van der Waals surface area (Å²) >= 11 is 0. The molecule has 1 aromatic carbocycles. The third kappa shape index (κ3) is 2.69. The van der Waals surface area contributed by atoms with Crippen LogP contribution in [0.4, 0.5) is 5.69 Å². The second kappa shape index (κ2) is 5.47. The quantitative estimate of drug-likeness (QED) is 0.832. The highest BCUT2D eigenvalue weighted by atomic mass is 16.7. The highest BCUT2D eigenvalue weighted by molar-refractivity contribution is 5.95. The van der Waals surface area contributed by atoms with Gasteiger partial charge in [-0.3, -0.25) is 9.59 Å². The van der Waals surface area contributed by atoms with Crippen molar-refractivity contribution in [1.29, 1.82) is 0 Å². The lowest BCUT2D eigenvalue weighted by atomic mass is 9.82. The van der Waals surface area contributed by atoms with Crippen molar-refractivity contribution in [2.45, 2.75) is 12.8 Å². The van der Waals surface area contributed by atoms with Gasteiger partial charge in [0.25, 0.3) is 0 Å². The number of aliphatic carboxylic acids is 1. The zero-order valence-corrected chi connectivity index (χ0v) is 11.2. The molecule has 2 atom stereocenters. The number of amides is 1. The Labute approximate surface area is 121 Å². The van der Waals surface area contributed by atoms with Gasteiger partial charge in [0, 0.05) is 11.8 Å². The van der Waals surface area contributed by atoms with Crippen molar-refractivity contribution < 1.29 is 24.2 Å². The van der Waals surface area contributed by atoms with Crippen molar-refractivity contribution in [1.82, 2.24) is 0 Å². The van der Waals surface area contributed by atoms with Crippen LogP contribution in [0.1, 0.15) is 12.8 Å². The van der Waals surface area contributed by atoms with Gasteiger partial charge in [0.05, 0.1) is 11.8 Å². The molecule has 0 unspecified atom stereocenters. The van der Waals surface area contributed by atoms with Gasteiger partial charge in [-0.1, -0.05) is 12.2 Å². The van der Waals surface area contributed by atoms with E-state index in [0.717, 1.165) is 0 Å². The Hall–Kier alpha value is -2.50. The van der Waals surface area contributed by atoms with E-state index in [2.05, 4.69) is 5.32 Å². The molecule has 1 heterocycles. The maximum absolute atomic E-state index is 12.3. The minimum Gasteiger partial charge on any atom is -0.481 e. The Morgan fingerprint density at radius 3 is 2.57 bits per heavy atom. The first kappa shape index (κ1) is 13.5. The summed E-state index contributed by atoms with van der Waals surface area (Å²) in [6.45, 7) is 0.168. The third-order valence-electron chi connectivity index (χ3n) is 3.73. The largest absolute Gasteiger partial charge is 0.481 e. The van der Waals surface area contributed by atoms with Gasteiger partial charge in [-0.15, -0.1) is 0 Å². The van der Waals surface area contributed by atoms with Crippen LogP contribution in [-0.4, -0.2) is 23.8 Å². The summed E-state index contributed by atoms with van der Waals surface area (Å²) in [7, 11) is 0. The fourth-order valence-electron chi connectivity index (χ4n) is 2.59. The smallest absolute Gasteiger partial charge is 0.307 e. The van der Waals surface area contributed by atoms with Crippen molar-refractivity contribution in [2.75, 3.05) is 12.1 Å². The van der Waals surface area contributed by atoms with E-state index in [4.69, 9.17) is 9.47 Å². The summed E-state index contributed by atoms with van der Waals surface area (Å²) in [5, 5.41) is 12.0. The molecule has 6 nitrogen and oxygen atoms in total. The number of fused-ring (bicyclic) bond motifs is 1. The summed E-state index contributed by atoms with van der Waals surface area (Å²) in [5.74, 6) is -1.25. The van der Waals surface area contributed by atoms with E-state index in [1.807, 2.05) is 12.2 Å². The van der Waals surface area contributed by atoms with Gasteiger partial charge in [-0.25, -0.2) is 0 Å². The minimum atomic E-state index is -0.940. The van der Waals surface area contributed by atoms with Gasteiger partial charge in [0.1, 0.15) is 0 Å². The average Bonchev–Trinajstić information content (AvgIpc) is 2.94. The maximum atomic E-state index is 12.3. The molecule has 2 N–H and O–H groups in total. The molecule has 0 fully saturated rings. The number of carboxylic acid groups (broad SMARTS) is 1. The number of nitrogens with one attached hydrogen (secondary N) is 1. The number of allylic oxidation sites excluding steroid dienone is 2. The second-order valence-corrected chi connectivity index (χ2v) is 5.05. The summed E-state index contributed by atoms with van der Waals surface area (Å²) in [6, 6.07) is 5.10. The predicted octanol–water partition coefficient (Wildman–Crippen LogP) is 2.02. The van der Waals surface area contributed by atoms with Crippen molar-refractivity contribution >= 4 is 17.6 Å². The normalized spacial score (nSPS) is 22.9. The van der Waals surface area contributed by atoms with Gasteiger partial charge in [0.15, 0.2) is 11.5 Å². The van der Waals surface area contributed by atoms with E-state index in [0.29, 0.717) is 30.0 Å². The summed E-state index contributed by atoms with van der Waals surface area (Å²) in [6.07, 6.45) is 4.48. The fraction of sp³-hybridized carbons (Fsp3) is 0.333. The molecule has 21 heavy (non-hydrogen) atoms. The lowest BCUT2D eigenvalue weighted by Gasteiger charge is -2.24. The van der Waals surface area contributed by atoms with Crippen LogP contribution in [0.3, 0.4) is 0 Å². The molecule has 2 aliphatic rings. The highest BCUT2D eigenvalue weighted by Gasteiger charge is 2.34. The lowest BCUT2D eigenvalue weighted by Crippen LogP contribution is -2.34. The summed E-state index contributed by atoms with van der Waals surface area (Å²) in [4.78, 5) is 23.5. The zero-order chi connectivity index (χ0) is 14.8. The van der Waals surface area contributed by atoms with Gasteiger partial charge >= 0.3 is 5.97 Å². The molecule has 6 heteroatoms. The molecule has 0 spiro atoms. The Morgan fingerprint density at radius 2 is 1.81 bits per heavy atom. The lowest BCUT2D eigenvalue weighted by molar-refractivity contribution is -0.146. The molecular formula is C15H15NO5. The van der Waals surface area contributed by atoms with Crippen LogP contribution >= 0.6 is 0 Å². The zero-order valence-electron chi connectivity index (χ0n) is 11.2. The number of anilines is 1. The van der Waals surface area contributed by atoms with Crippen molar-refractivity contribution in [3.63, 3.8) is 0 Å². The van der Waals surface area contributed by atoms with Crippen LogP contribution < -0.4 is 14.8 Å². The first-order chi connectivity index (χ1) is 10.1. The van der Waals surface area contributed by atoms with Crippen LogP contribution in [0.15, 0.2) is 30.4 Å². The number of carbonyl (C=O) groups is 2. The Morgan fingerprint density at radius 1 is 1.10 bits per heavy atom. The molecule has 0 saturated carbocycles. The predicted molar refractivity (Wildman–Crippen MR) is 74.2 cm³/mol. The monoisotopic (exact) mass is 289 g/mol. The summed E-state index contributed by atoms with van der Waals surface area (Å²) in [5.41, 5.74) is 0.572. The van der Waals surface area contributed by atoms with E-state index < -0.39 is 17.8 Å². The number of carboxylic acids is 1. The number of rotatable bonds is 3. The van der Waals surface area contributed by atoms with Crippen molar-refractivity contribution in [3.8, 4) is 11.5 Å². The molecule has 1 aliphatic heterocycles. The van der Waals surface area contributed by atoms with E-state index >= 15 is 0 Å². The molecule has 0 bridgehead atoms. The first-order valence-electron chi connectivity index (χ1n) is 6.73. The number of hydrogen-bond donors (Lipinski definition) is 2. The molecule has 1 amide bonds. The maximum Gasteiger partial charge on any atom is 0.307 e. The van der Waals surface area contributed by atoms with Crippen molar-refractivity contribution in [3.05, 3.63) is 30.4 Å². The van der Waals surface area contributed by atoms with Crippen LogP contribution in [0, 0.1) is 11.8 Å². The number of hydrogen-bond acceptors (Lipinski definition) is 4. The number of carbonyl (C=O) groups excluding carboxylic acids is 1. The Bertz CT molecular complexity index is 610. The Kier molecular flexibility index (Phi) is 3.51. The van der Waals surface area contributed by atoms with Gasteiger partial charge < -0.3 is 19.9 Å². The van der Waals surface area contributed by atoms with Gasteiger partial charge in [-0.05, 0) is 25.0 Å². The van der Waals surface area contributed by atoms with Crippen LogP contribution in [-0.2, 0) is 9.59 Å². The second-order valence-electron chi connectivity index (χ2n) is 5.05. The van der Waals surface area contributed by atoms with E-state index in [-0.39, 0.29) is 12.7 Å². The third-order valence-corrected chi connectivity index (χ3v) is 3.73. The SMILES string of the molecule is O=C(O)[C@H]1CC=CC[C@@H]1C(=O)Nc1ccc2c(c1)OCO2. The van der Waals surface area contributed by atoms with Crippen LogP contribution in [0.2, 0.25) is 0 Å². The molecule has 0 saturated heterocycles. The topological polar surface area (TPSA) is 84.9 Å². The number of benzene rings is 1. The highest BCUT2D eigenvalue weighted by Crippen LogP contribution is 2.35. The van der Waals surface area contributed by atoms with Gasteiger partial charge in [-0.2, -0.15) is 0 Å². The molecule has 3 rings (SSSR count). The first-order valence-corrected chi connectivity index (χ1v) is 6.73. The molecule has 1 aromatic rings. The molecule has 110 valence electrons. The molecule has 0 radical (unpaired) electrons. The van der Waals surface area contributed by atoms with E-state index in [1.165, 1.54) is 0 Å². The molecular weight excluding hydrogens is 274 g/mol. The van der Waals surface area contributed by atoms with Crippen LogP contribution in [0.5, 0.6) is 11.5 Å². The summed E-state index contributed by atoms with van der Waals surface area (Å²) < 4.78 is 10.4. The standard InChI is InChI=1S/C15H15NO5/c17-14(10-3-1-2-4-11(10)15(18)19)16-9-5-6-12-13(7-9)21-8-20-12/h1-2,5-7,10-11H,3-4,8H2,(H,16,17)(H,18,19)/t10-,11-/m0/s1. The molecule has 1 aliphatic carbocycles. The van der Waals surface area contributed by atoms with E-state index in [9.17, 15) is 14.7 Å². The van der Waals surface area contributed by atoms with Crippen LogP contribution in [0.25, 0.3) is 0 Å². The van der Waals surface area contributed by atoms with Crippen molar-refractivity contribution in [2.24, 2.45) is 11.8 Å². The average molecular weight is 289 g/mol. The minimum absolute atomic E-state index is 0.168. The Balaban J connectivity index is 1.73. The van der Waals surface area contributed by atoms with Gasteiger partial charge in [0.2, 0.25) is 12.7 Å². The van der Waals surface area contributed by atoms with E-state index in [1.54, 1.807) is 18.2 Å². The number of ether oxygens (including phenoxy) is 2. The molecule has 0 aromatic heterocycles. The fourth-order valence-corrected chi connectivity index (χ4v) is 2.59.